The number of carbonyl (C=O) groups is 16. The highest BCUT2D eigenvalue weighted by atomic mass is 127. The maximum Gasteiger partial charge on any atom is 0.305 e. The second-order valence-electron chi connectivity index (χ2n) is 28.9. The number of unbranched alkanes of at least 4 members (excludes halogenated alkanes) is 2. The number of alkyl halides is 1. The fraction of sp³-hybridized carbons (Fsp3) is 0.603. The van der Waals surface area contributed by atoms with Gasteiger partial charge in [0.15, 0.2) is 5.96 Å². The third-order valence-corrected chi connectivity index (χ3v) is 19.7. The SMILES string of the molecule is N=C(N)NCCC[C@@H]1NC(=O)[C@H](CCCCNC(=O)CCN(CCC(=O)NCCCC[C@@H]2NC(=O)[C@@H](Cc3ccccc3)NC(=O)[C@H](CC(=O)O)NC(=O)CNC(=O)[C@H](CCCNCNN)NC2=O)C(=O)CCOCCOCCOCCOCCNC(=O)Cn2cc(CCCI)nn2)NC(=O)[C@@H](Cc2ccccc2)NC(=O)[C@H](CC(=O)O)NC(=O)CNC1=O. The minimum Gasteiger partial charge on any atom is -0.481 e. The zero-order chi connectivity index (χ0) is 90.2. The Bertz CT molecular complexity index is 3910. The van der Waals surface area contributed by atoms with Crippen LogP contribution in [0.4, 0.5) is 0 Å². The Morgan fingerprint density at radius 2 is 0.879 bits per heavy atom. The van der Waals surface area contributed by atoms with Gasteiger partial charge < -0.3 is 120 Å². The predicted octanol–water partition coefficient (Wildman–Crippen LogP) is -5.97. The average molecular weight is 1860 g/mol. The van der Waals surface area contributed by atoms with E-state index in [-0.39, 0.29) is 201 Å². The lowest BCUT2D eigenvalue weighted by atomic mass is 10.0. The molecule has 2 aromatic carbocycles. The van der Waals surface area contributed by atoms with Crippen molar-refractivity contribution in [2.75, 3.05) is 123 Å². The molecule has 0 spiro atoms. The molecule has 3 heterocycles. The number of carboxylic acids is 2. The average Bonchev–Trinajstić information content (AvgIpc) is 1.12. The number of aliphatic carboxylic acids is 2. The summed E-state index contributed by atoms with van der Waals surface area (Å²) in [6.07, 6.45) is 1.77. The van der Waals surface area contributed by atoms with Crippen molar-refractivity contribution in [2.24, 2.45) is 11.6 Å². The van der Waals surface area contributed by atoms with E-state index in [2.05, 4.69) is 118 Å². The molecule has 46 heteroatoms. The van der Waals surface area contributed by atoms with E-state index in [1.807, 2.05) is 0 Å². The van der Waals surface area contributed by atoms with Crippen molar-refractivity contribution in [1.82, 2.24) is 105 Å². The zero-order valence-electron chi connectivity index (χ0n) is 69.4. The van der Waals surface area contributed by atoms with E-state index in [4.69, 9.17) is 35.9 Å². The van der Waals surface area contributed by atoms with Crippen LogP contribution >= 0.6 is 22.6 Å². The van der Waals surface area contributed by atoms with Gasteiger partial charge in [-0.25, -0.2) is 10.1 Å². The van der Waals surface area contributed by atoms with Crippen LogP contribution in [0.1, 0.15) is 120 Å². The molecule has 1 aromatic heterocycles. The van der Waals surface area contributed by atoms with Crippen LogP contribution < -0.4 is 96.8 Å². The van der Waals surface area contributed by atoms with Crippen LogP contribution in [0.15, 0.2) is 66.9 Å². The van der Waals surface area contributed by atoms with Crippen molar-refractivity contribution in [2.45, 2.75) is 177 Å². The molecule has 8 atom stereocenters. The molecule has 2 saturated heterocycles. The van der Waals surface area contributed by atoms with Crippen LogP contribution in [0.2, 0.25) is 0 Å². The standard InChI is InChI=1S/C78H120IN23O22/c79-26-11-18-53-48-102(100-99-53)49-66(107)86-31-35-122-37-39-124-41-40-123-38-36-121-34-25-67(108)101(32-23-62(103)84-28-9-7-19-56-72(115)93-54(21-12-27-83-50-90-82)70(113)88-46-64(105)91-60(44-68(109)110)76(119)97-58(74(117)95-56)42-51-14-3-1-4-15-51)33-24-63(104)85-29-10-8-20-57-73(116)94-55(22-13-30-87-78(80)81)71(114)89-47-65(106)92-61(45-69(111)112)77(120)98-59(75(118)96-57)43-52-16-5-2-6-17-52/h1-6,14-17,48,54-61,83,90H,7-13,18-47,49-50,82H2,(H,84,103)(H,85,104)(H,86,107)(H,88,113)(H,89,114)(H,91,105)(H,92,106)(H,93,115)(H,94,116)(H,95,117)(H,96,118)(H,97,119)(H,98,120)(H,109,110)(H,111,112)(H4,80,81,87)/t54-,55-,56-,57-,58+,59+,60-,61-/m0/s1. The Balaban J connectivity index is 1.23. The van der Waals surface area contributed by atoms with E-state index < -0.39 is 163 Å². The Morgan fingerprint density at radius 1 is 0.476 bits per heavy atom. The predicted molar refractivity (Wildman–Crippen MR) is 453 cm³/mol. The molecule has 0 aliphatic carbocycles. The molecule has 45 nitrogen and oxygen atoms in total. The second kappa shape index (κ2) is 60.4. The van der Waals surface area contributed by atoms with Gasteiger partial charge in [0.2, 0.25) is 82.7 Å². The highest BCUT2D eigenvalue weighted by Crippen LogP contribution is 2.14. The van der Waals surface area contributed by atoms with Crippen LogP contribution in [0, 0.1) is 5.41 Å². The Kier molecular flexibility index (Phi) is 50.3. The molecule has 0 saturated carbocycles. The normalized spacial score (nSPS) is 18.9. The zero-order valence-corrected chi connectivity index (χ0v) is 71.6. The van der Waals surface area contributed by atoms with Crippen LogP contribution in [0.5, 0.6) is 0 Å². The summed E-state index contributed by atoms with van der Waals surface area (Å²) in [6.45, 7) is 0.667. The molecule has 0 unspecified atom stereocenters. The number of aromatic nitrogens is 3. The van der Waals surface area contributed by atoms with Crippen molar-refractivity contribution in [3.05, 3.63) is 83.7 Å². The number of rotatable bonds is 54. The largest absolute Gasteiger partial charge is 0.481 e. The fourth-order valence-corrected chi connectivity index (χ4v) is 12.9. The summed E-state index contributed by atoms with van der Waals surface area (Å²) in [5, 5.41) is 74.2. The first-order valence-corrected chi connectivity index (χ1v) is 42.8. The number of benzene rings is 2. The summed E-state index contributed by atoms with van der Waals surface area (Å²) in [7, 11) is 0. The molecule has 5 rings (SSSR count). The molecule has 23 N–H and O–H groups in total. The number of nitrogens with two attached hydrogens (primary N) is 2. The lowest BCUT2D eigenvalue weighted by Crippen LogP contribution is -2.58. The van der Waals surface area contributed by atoms with Crippen molar-refractivity contribution in [3.8, 4) is 0 Å². The number of guanidine groups is 1. The molecule has 686 valence electrons. The lowest BCUT2D eigenvalue weighted by Gasteiger charge is -2.26. The Hall–Kier alpha value is -11.2. The van der Waals surface area contributed by atoms with E-state index in [0.717, 1.165) is 23.0 Å². The van der Waals surface area contributed by atoms with E-state index in [9.17, 15) is 86.9 Å². The number of halogens is 1. The highest BCUT2D eigenvalue weighted by Gasteiger charge is 2.36. The van der Waals surface area contributed by atoms with Gasteiger partial charge in [0.1, 0.15) is 54.9 Å². The summed E-state index contributed by atoms with van der Waals surface area (Å²) in [5.41, 5.74) is 9.84. The second-order valence-corrected chi connectivity index (χ2v) is 30.0. The van der Waals surface area contributed by atoms with Crippen LogP contribution in [0.25, 0.3) is 0 Å². The molecular formula is C78H120IN23O22. The van der Waals surface area contributed by atoms with Gasteiger partial charge in [-0.1, -0.05) is 88.5 Å². The van der Waals surface area contributed by atoms with Crippen molar-refractivity contribution in [3.63, 3.8) is 0 Å². The van der Waals surface area contributed by atoms with Gasteiger partial charge in [0, 0.05) is 71.1 Å². The number of hydrazine groups is 1. The van der Waals surface area contributed by atoms with Gasteiger partial charge in [-0.15, -0.1) is 5.10 Å². The van der Waals surface area contributed by atoms with Crippen molar-refractivity contribution >= 4 is 123 Å². The molecule has 124 heavy (non-hydrogen) atoms. The van der Waals surface area contributed by atoms with E-state index in [1.54, 1.807) is 66.9 Å². The number of amides is 14. The Labute approximate surface area is 730 Å². The molecular weight excluding hydrogens is 1740 g/mol. The van der Waals surface area contributed by atoms with Crippen LogP contribution in [-0.2, 0) is 121 Å². The van der Waals surface area contributed by atoms with Gasteiger partial charge >= 0.3 is 11.9 Å². The number of hydrogen-bond donors (Lipinski definition) is 21. The number of nitrogens with one attached hydrogen (secondary N) is 17. The van der Waals surface area contributed by atoms with E-state index in [1.165, 1.54) is 9.58 Å². The van der Waals surface area contributed by atoms with Gasteiger partial charge in [0.05, 0.1) is 97.6 Å². The minimum atomic E-state index is -1.70. The van der Waals surface area contributed by atoms with E-state index >= 15 is 0 Å². The summed E-state index contributed by atoms with van der Waals surface area (Å²) in [6, 6.07) is 5.30. The summed E-state index contributed by atoms with van der Waals surface area (Å²) in [5.74, 6) is -8.59. The number of nitrogens with zero attached hydrogens (tertiary/aromatic N) is 4. The monoisotopic (exact) mass is 1860 g/mol. The third kappa shape index (κ3) is 44.2. The molecule has 2 fully saturated rings. The molecule has 14 amide bonds. The maximum absolute atomic E-state index is 14.4. The van der Waals surface area contributed by atoms with Gasteiger partial charge in [-0.2, -0.15) is 0 Å². The van der Waals surface area contributed by atoms with Gasteiger partial charge in [-0.3, -0.25) is 88.0 Å². The fourth-order valence-electron chi connectivity index (χ4n) is 12.5. The number of carbonyl (C=O) groups excluding carboxylic acids is 14. The van der Waals surface area contributed by atoms with Gasteiger partial charge in [-0.05, 0) is 99.1 Å². The van der Waals surface area contributed by atoms with Crippen LogP contribution in [-0.4, -0.2) is 302 Å². The quantitative estimate of drug-likeness (QED) is 0.00366. The number of ether oxygens (including phenoxy) is 4. The molecule has 2 aliphatic heterocycles. The highest BCUT2D eigenvalue weighted by molar-refractivity contribution is 14.1. The molecule has 0 bridgehead atoms. The maximum atomic E-state index is 14.4. The minimum absolute atomic E-state index is 0.0161. The first-order chi connectivity index (χ1) is 59.7. The lowest BCUT2D eigenvalue weighted by molar-refractivity contribution is -0.141. The van der Waals surface area contributed by atoms with Crippen molar-refractivity contribution < 1.29 is 106 Å². The number of carboxylic acid groups (broad SMARTS) is 2. The first-order valence-electron chi connectivity index (χ1n) is 41.2. The molecule has 3 aromatic rings. The van der Waals surface area contributed by atoms with E-state index in [0.29, 0.717) is 30.6 Å². The third-order valence-electron chi connectivity index (χ3n) is 19.0. The summed E-state index contributed by atoms with van der Waals surface area (Å²) < 4.78 is 24.9. The Morgan fingerprint density at radius 3 is 1.33 bits per heavy atom. The van der Waals surface area contributed by atoms with Crippen molar-refractivity contribution in [1.29, 1.82) is 5.41 Å². The topological polar surface area (TPSA) is 653 Å². The number of aryl methyl sites for hydroxylation is 1. The first kappa shape index (κ1) is 103. The summed E-state index contributed by atoms with van der Waals surface area (Å²) in [4.78, 5) is 217. The number of hydrogen-bond acceptors (Lipinski definition) is 26. The van der Waals surface area contributed by atoms with Gasteiger partial charge in [0.25, 0.3) is 0 Å². The molecule has 0 radical (unpaired) electrons. The smallest absolute Gasteiger partial charge is 0.305 e. The van der Waals surface area contributed by atoms with Crippen LogP contribution in [0.3, 0.4) is 0 Å². The molecule has 2 aliphatic rings. The summed E-state index contributed by atoms with van der Waals surface area (Å²) >= 11 is 2.29.